The van der Waals surface area contributed by atoms with E-state index in [9.17, 15) is 4.79 Å². The zero-order chi connectivity index (χ0) is 12.1. The van der Waals surface area contributed by atoms with E-state index >= 15 is 0 Å². The summed E-state index contributed by atoms with van der Waals surface area (Å²) in [6.45, 7) is 2.56. The van der Waals surface area contributed by atoms with E-state index in [1.54, 1.807) is 6.92 Å². The summed E-state index contributed by atoms with van der Waals surface area (Å²) in [5, 5.41) is 0. The molecular weight excluding hydrogens is 210 g/mol. The number of benzene rings is 1. The molecule has 1 heterocycles. The van der Waals surface area contributed by atoms with Crippen LogP contribution in [-0.4, -0.2) is 10.4 Å². The number of nitrogens with zero attached hydrogens (tertiary/aromatic N) is 1. The van der Waals surface area contributed by atoms with Crippen molar-refractivity contribution in [2.24, 2.45) is 0 Å². The van der Waals surface area contributed by atoms with E-state index in [2.05, 4.69) is 28.8 Å². The highest BCUT2D eigenvalue weighted by Gasteiger charge is 2.01. The van der Waals surface area contributed by atoms with Crippen molar-refractivity contribution in [3.8, 4) is 0 Å². The van der Waals surface area contributed by atoms with Gasteiger partial charge in [0.15, 0.2) is 5.78 Å². The van der Waals surface area contributed by atoms with E-state index < -0.39 is 0 Å². The van der Waals surface area contributed by atoms with Gasteiger partial charge in [-0.1, -0.05) is 30.3 Å². The minimum absolute atomic E-state index is 0.131. The number of aromatic nitrogens is 1. The SMILES string of the molecule is CC(=O)c1ccn(CCCc2ccccc2)c1. The van der Waals surface area contributed by atoms with Crippen molar-refractivity contribution in [3.05, 3.63) is 59.9 Å². The Morgan fingerprint density at radius 2 is 1.94 bits per heavy atom. The molecule has 2 nitrogen and oxygen atoms in total. The van der Waals surface area contributed by atoms with Crippen LogP contribution in [0, 0.1) is 0 Å². The van der Waals surface area contributed by atoms with Crippen LogP contribution in [0.2, 0.25) is 0 Å². The summed E-state index contributed by atoms with van der Waals surface area (Å²) in [5.74, 6) is 0.131. The average molecular weight is 227 g/mol. The number of rotatable bonds is 5. The van der Waals surface area contributed by atoms with Crippen molar-refractivity contribution in [1.82, 2.24) is 4.57 Å². The van der Waals surface area contributed by atoms with E-state index in [1.807, 2.05) is 24.5 Å². The third-order valence-corrected chi connectivity index (χ3v) is 2.88. The highest BCUT2D eigenvalue weighted by atomic mass is 16.1. The number of Topliss-reactive ketones (excluding diaryl/α,β-unsaturated/α-hetero) is 1. The molecule has 1 aromatic carbocycles. The molecule has 0 spiro atoms. The average Bonchev–Trinajstić information content (AvgIpc) is 2.79. The molecule has 1 aromatic heterocycles. The number of ketones is 1. The van der Waals surface area contributed by atoms with Crippen LogP contribution in [0.4, 0.5) is 0 Å². The summed E-state index contributed by atoms with van der Waals surface area (Å²) < 4.78 is 2.08. The highest BCUT2D eigenvalue weighted by Crippen LogP contribution is 2.06. The molecule has 2 aromatic rings. The summed E-state index contributed by atoms with van der Waals surface area (Å²) in [6.07, 6.45) is 6.07. The molecule has 0 saturated heterocycles. The van der Waals surface area contributed by atoms with Gasteiger partial charge in [-0.25, -0.2) is 0 Å². The van der Waals surface area contributed by atoms with Crippen LogP contribution < -0.4 is 0 Å². The number of carbonyl (C=O) groups is 1. The van der Waals surface area contributed by atoms with Gasteiger partial charge in [-0.2, -0.15) is 0 Å². The summed E-state index contributed by atoms with van der Waals surface area (Å²) in [4.78, 5) is 11.1. The first-order chi connectivity index (χ1) is 8.25. The van der Waals surface area contributed by atoms with Crippen LogP contribution in [0.5, 0.6) is 0 Å². The maximum Gasteiger partial charge on any atom is 0.161 e. The van der Waals surface area contributed by atoms with E-state index in [0.29, 0.717) is 0 Å². The topological polar surface area (TPSA) is 22.0 Å². The lowest BCUT2D eigenvalue weighted by atomic mass is 10.1. The first kappa shape index (κ1) is 11.6. The quantitative estimate of drug-likeness (QED) is 0.718. The number of hydrogen-bond acceptors (Lipinski definition) is 1. The fourth-order valence-electron chi connectivity index (χ4n) is 1.90. The molecule has 17 heavy (non-hydrogen) atoms. The number of aryl methyl sites for hydroxylation is 2. The van der Waals surface area contributed by atoms with Gasteiger partial charge in [-0.15, -0.1) is 0 Å². The van der Waals surface area contributed by atoms with Crippen molar-refractivity contribution < 1.29 is 4.79 Å². The first-order valence-corrected chi connectivity index (χ1v) is 5.96. The monoisotopic (exact) mass is 227 g/mol. The standard InChI is InChI=1S/C15H17NO/c1-13(17)15-9-11-16(12-15)10-5-8-14-6-3-2-4-7-14/h2-4,6-7,9,11-12H,5,8,10H2,1H3. The molecular formula is C15H17NO. The second kappa shape index (κ2) is 5.48. The van der Waals surface area contributed by atoms with E-state index in [-0.39, 0.29) is 5.78 Å². The summed E-state index contributed by atoms with van der Waals surface area (Å²) in [7, 11) is 0. The van der Waals surface area contributed by atoms with Crippen molar-refractivity contribution in [2.45, 2.75) is 26.3 Å². The Labute approximate surface area is 102 Å². The molecule has 0 fully saturated rings. The molecule has 0 unspecified atom stereocenters. The molecule has 0 bridgehead atoms. The molecule has 2 heteroatoms. The highest BCUT2D eigenvalue weighted by molar-refractivity contribution is 5.93. The van der Waals surface area contributed by atoms with Crippen molar-refractivity contribution in [1.29, 1.82) is 0 Å². The smallest absolute Gasteiger partial charge is 0.161 e. The zero-order valence-electron chi connectivity index (χ0n) is 10.1. The molecule has 0 N–H and O–H groups in total. The normalized spacial score (nSPS) is 10.4. The number of hydrogen-bond donors (Lipinski definition) is 0. The molecule has 0 radical (unpaired) electrons. The van der Waals surface area contributed by atoms with Gasteiger partial charge in [0.1, 0.15) is 0 Å². The van der Waals surface area contributed by atoms with Crippen LogP contribution in [0.25, 0.3) is 0 Å². The second-order valence-corrected chi connectivity index (χ2v) is 4.28. The summed E-state index contributed by atoms with van der Waals surface area (Å²) >= 11 is 0. The van der Waals surface area contributed by atoms with Crippen LogP contribution in [0.3, 0.4) is 0 Å². The molecule has 0 saturated carbocycles. The van der Waals surface area contributed by atoms with Gasteiger partial charge in [-0.3, -0.25) is 4.79 Å². The maximum atomic E-state index is 11.1. The molecule has 0 aliphatic heterocycles. The molecule has 0 aliphatic carbocycles. The van der Waals surface area contributed by atoms with Crippen LogP contribution in [-0.2, 0) is 13.0 Å². The van der Waals surface area contributed by atoms with Crippen LogP contribution in [0.15, 0.2) is 48.8 Å². The Morgan fingerprint density at radius 3 is 2.59 bits per heavy atom. The van der Waals surface area contributed by atoms with Crippen LogP contribution >= 0.6 is 0 Å². The van der Waals surface area contributed by atoms with Gasteiger partial charge in [-0.05, 0) is 31.4 Å². The van der Waals surface area contributed by atoms with Crippen molar-refractivity contribution in [2.75, 3.05) is 0 Å². The van der Waals surface area contributed by atoms with Gasteiger partial charge >= 0.3 is 0 Å². The van der Waals surface area contributed by atoms with Gasteiger partial charge in [0.2, 0.25) is 0 Å². The summed E-state index contributed by atoms with van der Waals surface area (Å²) in [6, 6.07) is 12.4. The lowest BCUT2D eigenvalue weighted by Gasteiger charge is -2.03. The fourth-order valence-corrected chi connectivity index (χ4v) is 1.90. The predicted octanol–water partition coefficient (Wildman–Crippen LogP) is 3.32. The minimum atomic E-state index is 0.131. The third kappa shape index (κ3) is 3.31. The Balaban J connectivity index is 1.84. The molecule has 88 valence electrons. The Hall–Kier alpha value is -1.83. The van der Waals surface area contributed by atoms with Crippen molar-refractivity contribution in [3.63, 3.8) is 0 Å². The molecule has 0 atom stereocenters. The van der Waals surface area contributed by atoms with Crippen molar-refractivity contribution >= 4 is 5.78 Å². The lowest BCUT2D eigenvalue weighted by molar-refractivity contribution is 0.101. The van der Waals surface area contributed by atoms with E-state index in [4.69, 9.17) is 0 Å². The van der Waals surface area contributed by atoms with Gasteiger partial charge in [0, 0.05) is 24.5 Å². The Bertz CT molecular complexity index is 485. The van der Waals surface area contributed by atoms with E-state index in [1.165, 1.54) is 5.56 Å². The lowest BCUT2D eigenvalue weighted by Crippen LogP contribution is -1.97. The van der Waals surface area contributed by atoms with E-state index in [0.717, 1.165) is 24.9 Å². The second-order valence-electron chi connectivity index (χ2n) is 4.28. The Morgan fingerprint density at radius 1 is 1.18 bits per heavy atom. The number of carbonyl (C=O) groups excluding carboxylic acids is 1. The predicted molar refractivity (Wildman–Crippen MR) is 69.2 cm³/mol. The van der Waals surface area contributed by atoms with Crippen LogP contribution in [0.1, 0.15) is 29.3 Å². The molecule has 0 amide bonds. The summed E-state index contributed by atoms with van der Waals surface area (Å²) in [5.41, 5.74) is 2.16. The van der Waals surface area contributed by atoms with Gasteiger partial charge in [0.25, 0.3) is 0 Å². The Kier molecular flexibility index (Phi) is 3.76. The van der Waals surface area contributed by atoms with Gasteiger partial charge in [0.05, 0.1) is 0 Å². The zero-order valence-corrected chi connectivity index (χ0v) is 10.1. The van der Waals surface area contributed by atoms with Gasteiger partial charge < -0.3 is 4.57 Å². The third-order valence-electron chi connectivity index (χ3n) is 2.88. The maximum absolute atomic E-state index is 11.1. The largest absolute Gasteiger partial charge is 0.353 e. The molecule has 2 rings (SSSR count). The fraction of sp³-hybridized carbons (Fsp3) is 0.267. The first-order valence-electron chi connectivity index (χ1n) is 5.96. The minimum Gasteiger partial charge on any atom is -0.353 e. The molecule has 0 aliphatic rings.